The molecule has 0 atom stereocenters. The van der Waals surface area contributed by atoms with Crippen LogP contribution in [0.2, 0.25) is 0 Å². The van der Waals surface area contributed by atoms with Crippen LogP contribution in [0.4, 0.5) is 5.13 Å². The summed E-state index contributed by atoms with van der Waals surface area (Å²) in [6.45, 7) is 1.68. The second-order valence-corrected chi connectivity index (χ2v) is 6.87. The van der Waals surface area contributed by atoms with E-state index in [2.05, 4.69) is 15.3 Å². The first kappa shape index (κ1) is 17.2. The molecule has 7 nitrogen and oxygen atoms in total. The molecule has 0 aliphatic carbocycles. The van der Waals surface area contributed by atoms with E-state index >= 15 is 0 Å². The average Bonchev–Trinajstić information content (AvgIpc) is 3.20. The second-order valence-electron chi connectivity index (χ2n) is 5.03. The number of hydrogen-bond acceptors (Lipinski definition) is 7. The Bertz CT molecular complexity index is 974. The summed E-state index contributed by atoms with van der Waals surface area (Å²) in [5, 5.41) is 4.97. The van der Waals surface area contributed by atoms with Crippen LogP contribution in [0.15, 0.2) is 28.4 Å². The molecule has 0 aliphatic heterocycles. The van der Waals surface area contributed by atoms with E-state index in [-0.39, 0.29) is 10.8 Å². The number of nitrogens with zero attached hydrogens (tertiary/aromatic N) is 1. The fraction of sp³-hybridized carbons (Fsp3) is 0.188. The van der Waals surface area contributed by atoms with Gasteiger partial charge in [-0.25, -0.2) is 4.98 Å². The lowest BCUT2D eigenvalue weighted by atomic mass is 10.1. The molecule has 0 radical (unpaired) electrons. The summed E-state index contributed by atoms with van der Waals surface area (Å²) in [4.78, 5) is 30.7. The van der Waals surface area contributed by atoms with Gasteiger partial charge in [-0.1, -0.05) is 11.3 Å². The zero-order chi connectivity index (χ0) is 18.0. The summed E-state index contributed by atoms with van der Waals surface area (Å²) in [5.41, 5.74) is 1.97. The summed E-state index contributed by atoms with van der Waals surface area (Å²) in [6.07, 6.45) is 0. The van der Waals surface area contributed by atoms with Crippen molar-refractivity contribution < 1.29 is 14.3 Å². The number of aromatic amines is 1. The Morgan fingerprint density at radius 2 is 2.08 bits per heavy atom. The number of hydrogen-bond donors (Lipinski definition) is 2. The Kier molecular flexibility index (Phi) is 4.86. The monoisotopic (exact) mass is 377 g/mol. The van der Waals surface area contributed by atoms with Crippen molar-refractivity contribution in [1.29, 1.82) is 0 Å². The second kappa shape index (κ2) is 7.08. The van der Waals surface area contributed by atoms with Crippen molar-refractivity contribution in [2.24, 2.45) is 0 Å². The van der Waals surface area contributed by atoms with Crippen molar-refractivity contribution >= 4 is 33.7 Å². The number of carbonyl (C=O) groups is 1. The maximum absolute atomic E-state index is 12.3. The first-order valence-corrected chi connectivity index (χ1v) is 8.90. The molecule has 130 valence electrons. The molecule has 2 heterocycles. The van der Waals surface area contributed by atoms with Crippen molar-refractivity contribution in [1.82, 2.24) is 9.97 Å². The minimum absolute atomic E-state index is 0.261. The Morgan fingerprint density at radius 1 is 1.28 bits per heavy atom. The third-order valence-corrected chi connectivity index (χ3v) is 5.18. The Hall–Kier alpha value is -2.65. The minimum Gasteiger partial charge on any atom is -0.497 e. The fourth-order valence-corrected chi connectivity index (χ4v) is 3.69. The molecular weight excluding hydrogens is 362 g/mol. The van der Waals surface area contributed by atoms with Gasteiger partial charge in [-0.05, 0) is 25.1 Å². The maximum Gasteiger partial charge on any atom is 0.305 e. The molecule has 0 bridgehead atoms. The lowest BCUT2D eigenvalue weighted by molar-refractivity contribution is 0.103. The largest absolute Gasteiger partial charge is 0.497 e. The van der Waals surface area contributed by atoms with Gasteiger partial charge in [0.15, 0.2) is 5.13 Å². The van der Waals surface area contributed by atoms with Crippen molar-refractivity contribution in [2.75, 3.05) is 19.5 Å². The van der Waals surface area contributed by atoms with Gasteiger partial charge in [-0.2, -0.15) is 0 Å². The number of methoxy groups -OCH3 is 2. The van der Waals surface area contributed by atoms with Crippen LogP contribution in [0.3, 0.4) is 0 Å². The molecule has 1 aromatic carbocycles. The van der Waals surface area contributed by atoms with E-state index in [1.54, 1.807) is 33.3 Å². The summed E-state index contributed by atoms with van der Waals surface area (Å²) in [5.74, 6) is 0.977. The van der Waals surface area contributed by atoms with E-state index < -0.39 is 0 Å². The summed E-state index contributed by atoms with van der Waals surface area (Å²) in [7, 11) is 3.17. The third kappa shape index (κ3) is 3.57. The summed E-state index contributed by atoms with van der Waals surface area (Å²) >= 11 is 2.16. The molecule has 1 amide bonds. The molecule has 0 fully saturated rings. The third-order valence-electron chi connectivity index (χ3n) is 3.44. The number of ether oxygens (including phenoxy) is 2. The molecule has 2 N–H and O–H groups in total. The van der Waals surface area contributed by atoms with Gasteiger partial charge in [0.1, 0.15) is 16.4 Å². The highest BCUT2D eigenvalue weighted by Gasteiger charge is 2.16. The van der Waals surface area contributed by atoms with Crippen LogP contribution in [-0.4, -0.2) is 30.1 Å². The number of rotatable bonds is 5. The number of carbonyl (C=O) groups excluding carboxylic acids is 1. The van der Waals surface area contributed by atoms with Gasteiger partial charge in [-0.15, -0.1) is 11.3 Å². The van der Waals surface area contributed by atoms with Gasteiger partial charge in [0.25, 0.3) is 5.91 Å². The Morgan fingerprint density at radius 3 is 2.72 bits per heavy atom. The molecule has 0 aliphatic rings. The smallest absolute Gasteiger partial charge is 0.305 e. The molecular formula is C16H15N3O4S2. The SMILES string of the molecule is COc1ccc(OC)c(-c2csc(NC(=O)c3sc(=O)[nH]c3C)n2)c1. The number of thiazole rings is 2. The first-order valence-electron chi connectivity index (χ1n) is 7.20. The molecule has 9 heteroatoms. The molecule has 3 rings (SSSR count). The lowest BCUT2D eigenvalue weighted by Crippen LogP contribution is -2.11. The highest BCUT2D eigenvalue weighted by molar-refractivity contribution is 7.14. The van der Waals surface area contributed by atoms with E-state index in [9.17, 15) is 9.59 Å². The first-order chi connectivity index (χ1) is 12.0. The molecule has 2 aromatic heterocycles. The van der Waals surface area contributed by atoms with Crippen molar-refractivity contribution in [3.63, 3.8) is 0 Å². The quantitative estimate of drug-likeness (QED) is 0.712. The zero-order valence-electron chi connectivity index (χ0n) is 13.7. The normalized spacial score (nSPS) is 10.5. The van der Waals surface area contributed by atoms with Crippen LogP contribution in [0.1, 0.15) is 15.4 Å². The van der Waals surface area contributed by atoms with Crippen molar-refractivity contribution in [2.45, 2.75) is 6.92 Å². The van der Waals surface area contributed by atoms with Crippen LogP contribution in [-0.2, 0) is 0 Å². The predicted octanol–water partition coefficient (Wildman–Crippen LogP) is 3.14. The van der Waals surface area contributed by atoms with E-state index in [0.717, 1.165) is 16.9 Å². The van der Waals surface area contributed by atoms with Gasteiger partial charge in [0.05, 0.1) is 19.9 Å². The molecule has 25 heavy (non-hydrogen) atoms. The van der Waals surface area contributed by atoms with Gasteiger partial charge in [-0.3, -0.25) is 14.9 Å². The topological polar surface area (TPSA) is 93.3 Å². The summed E-state index contributed by atoms with van der Waals surface area (Å²) < 4.78 is 10.6. The number of aromatic nitrogens is 2. The van der Waals surface area contributed by atoms with Gasteiger partial charge in [0.2, 0.25) is 0 Å². The number of amides is 1. The molecule has 0 unspecified atom stereocenters. The average molecular weight is 377 g/mol. The highest BCUT2D eigenvalue weighted by Crippen LogP contribution is 2.35. The number of anilines is 1. The van der Waals surface area contributed by atoms with Crippen LogP contribution in [0.5, 0.6) is 11.5 Å². The lowest BCUT2D eigenvalue weighted by Gasteiger charge is -2.08. The highest BCUT2D eigenvalue weighted by atomic mass is 32.1. The molecule has 0 saturated heterocycles. The van der Waals surface area contributed by atoms with Gasteiger partial charge in [0, 0.05) is 16.6 Å². The summed E-state index contributed by atoms with van der Waals surface area (Å²) in [6, 6.07) is 5.42. The van der Waals surface area contributed by atoms with Gasteiger partial charge >= 0.3 is 4.87 Å². The maximum atomic E-state index is 12.3. The van der Waals surface area contributed by atoms with Crippen LogP contribution in [0, 0.1) is 6.92 Å². The molecule has 0 saturated carbocycles. The van der Waals surface area contributed by atoms with Crippen LogP contribution in [0.25, 0.3) is 11.3 Å². The van der Waals surface area contributed by atoms with Crippen molar-refractivity contribution in [3.8, 4) is 22.8 Å². The predicted molar refractivity (Wildman–Crippen MR) is 98.3 cm³/mol. The fourth-order valence-electron chi connectivity index (χ4n) is 2.24. The van der Waals surface area contributed by atoms with Crippen molar-refractivity contribution in [3.05, 3.63) is 43.8 Å². The number of H-pyrrole nitrogens is 1. The number of nitrogens with one attached hydrogen (secondary N) is 2. The van der Waals surface area contributed by atoms with E-state index in [4.69, 9.17) is 9.47 Å². The van der Waals surface area contributed by atoms with Crippen LogP contribution < -0.4 is 19.7 Å². The Labute approximate surface area is 151 Å². The van der Waals surface area contributed by atoms with E-state index in [1.807, 2.05) is 11.4 Å². The van der Waals surface area contributed by atoms with E-state index in [0.29, 0.717) is 32.9 Å². The minimum atomic E-state index is -0.362. The molecule has 0 spiro atoms. The number of benzene rings is 1. The standard InChI is InChI=1S/C16H15N3O4S2/c1-8-13(25-16(21)17-8)14(20)19-15-18-11(7-24-15)10-6-9(22-2)4-5-12(10)23-3/h4-7H,1-3H3,(H,17,21)(H,18,19,20). The van der Waals surface area contributed by atoms with E-state index in [1.165, 1.54) is 11.3 Å². The van der Waals surface area contributed by atoms with Gasteiger partial charge < -0.3 is 14.5 Å². The van der Waals surface area contributed by atoms with Crippen LogP contribution >= 0.6 is 22.7 Å². The Balaban J connectivity index is 1.87. The number of aryl methyl sites for hydroxylation is 1. The zero-order valence-corrected chi connectivity index (χ0v) is 15.3. The molecule has 3 aromatic rings.